The average molecular weight is 454 g/mol. The van der Waals surface area contributed by atoms with Crippen LogP contribution < -0.4 is 10.4 Å². The molecular formula is C25H32FN5O2. The third-order valence-electron chi connectivity index (χ3n) is 6.84. The summed E-state index contributed by atoms with van der Waals surface area (Å²) in [4.78, 5) is 33.6. The van der Waals surface area contributed by atoms with Gasteiger partial charge in [0.1, 0.15) is 17.0 Å². The van der Waals surface area contributed by atoms with E-state index in [9.17, 15) is 14.0 Å². The van der Waals surface area contributed by atoms with Crippen LogP contribution in [0, 0.1) is 5.41 Å². The lowest BCUT2D eigenvalue weighted by Crippen LogP contribution is -2.44. The molecule has 4 heterocycles. The number of hydrogen-bond acceptors (Lipinski definition) is 5. The molecule has 1 N–H and O–H groups in total. The van der Waals surface area contributed by atoms with E-state index in [-0.39, 0.29) is 17.3 Å². The Morgan fingerprint density at radius 1 is 1.18 bits per heavy atom. The van der Waals surface area contributed by atoms with E-state index >= 15 is 0 Å². The molecule has 1 amide bonds. The van der Waals surface area contributed by atoms with Gasteiger partial charge in [0, 0.05) is 50.2 Å². The number of anilines is 2. The molecule has 2 aliphatic rings. The van der Waals surface area contributed by atoms with Crippen molar-refractivity contribution in [1.29, 1.82) is 5.41 Å². The fourth-order valence-corrected chi connectivity index (χ4v) is 4.69. The normalized spacial score (nSPS) is 17.5. The second-order valence-corrected chi connectivity index (χ2v) is 9.04. The van der Waals surface area contributed by atoms with E-state index in [1.807, 2.05) is 30.9 Å². The minimum absolute atomic E-state index is 0.0870. The van der Waals surface area contributed by atoms with Crippen LogP contribution in [0.2, 0.25) is 0 Å². The molecule has 0 aromatic carbocycles. The Morgan fingerprint density at radius 2 is 1.94 bits per heavy atom. The van der Waals surface area contributed by atoms with Crippen molar-refractivity contribution in [2.45, 2.75) is 64.5 Å². The smallest absolute Gasteiger partial charge is 0.255 e. The number of carbonyl (C=O) groups excluding carboxylic acids is 2. The Kier molecular flexibility index (Phi) is 6.63. The number of fused-ring (bicyclic) bond motifs is 1. The van der Waals surface area contributed by atoms with Crippen molar-refractivity contribution in [3.8, 4) is 0 Å². The molecule has 1 saturated heterocycles. The maximum atomic E-state index is 14.5. The van der Waals surface area contributed by atoms with Gasteiger partial charge in [0.05, 0.1) is 5.56 Å². The number of alkyl halides is 1. The molecule has 7 nitrogen and oxygen atoms in total. The number of nitrogens with one attached hydrogen (secondary N) is 1. The maximum Gasteiger partial charge on any atom is 0.255 e. The Bertz CT molecular complexity index is 1100. The lowest BCUT2D eigenvalue weighted by Gasteiger charge is -2.36. The molecule has 2 aromatic heterocycles. The van der Waals surface area contributed by atoms with E-state index in [4.69, 9.17) is 5.41 Å². The van der Waals surface area contributed by atoms with Gasteiger partial charge in [-0.3, -0.25) is 19.6 Å². The first-order chi connectivity index (χ1) is 15.8. The van der Waals surface area contributed by atoms with E-state index in [1.165, 1.54) is 4.57 Å². The summed E-state index contributed by atoms with van der Waals surface area (Å²) in [5.74, 6) is 0.600. The van der Waals surface area contributed by atoms with Gasteiger partial charge in [0.15, 0.2) is 0 Å². The van der Waals surface area contributed by atoms with Crippen molar-refractivity contribution in [2.75, 3.05) is 24.5 Å². The summed E-state index contributed by atoms with van der Waals surface area (Å²) in [5.41, 5.74) is 1.32. The first kappa shape index (κ1) is 23.1. The Labute approximate surface area is 193 Å². The lowest BCUT2D eigenvalue weighted by atomic mass is 9.90. The van der Waals surface area contributed by atoms with Crippen LogP contribution in [-0.4, -0.2) is 51.6 Å². The van der Waals surface area contributed by atoms with E-state index in [0.29, 0.717) is 44.3 Å². The number of likely N-dealkylation sites (tertiary alicyclic amines) is 1. The summed E-state index contributed by atoms with van der Waals surface area (Å²) in [5, 5.41) is 8.29. The van der Waals surface area contributed by atoms with Crippen molar-refractivity contribution >= 4 is 23.3 Å². The van der Waals surface area contributed by atoms with E-state index < -0.39 is 5.67 Å². The second kappa shape index (κ2) is 9.45. The van der Waals surface area contributed by atoms with Crippen LogP contribution in [0.1, 0.15) is 73.1 Å². The molecule has 0 aliphatic carbocycles. The van der Waals surface area contributed by atoms with Gasteiger partial charge in [-0.2, -0.15) is 0 Å². The molecule has 1 fully saturated rings. The van der Waals surface area contributed by atoms with Gasteiger partial charge in [-0.15, -0.1) is 0 Å². The van der Waals surface area contributed by atoms with Crippen molar-refractivity contribution in [1.82, 2.24) is 14.5 Å². The predicted octanol–water partition coefficient (Wildman–Crippen LogP) is 4.24. The molecule has 0 spiro atoms. The number of rotatable bonds is 5. The summed E-state index contributed by atoms with van der Waals surface area (Å²) < 4.78 is 15.9. The van der Waals surface area contributed by atoms with Crippen LogP contribution in [0.25, 0.3) is 0 Å². The molecule has 2 aliphatic heterocycles. The van der Waals surface area contributed by atoms with Gasteiger partial charge >= 0.3 is 0 Å². The highest BCUT2D eigenvalue weighted by Crippen LogP contribution is 2.33. The van der Waals surface area contributed by atoms with Crippen LogP contribution in [0.15, 0.2) is 30.6 Å². The van der Waals surface area contributed by atoms with Crippen molar-refractivity contribution in [3.05, 3.63) is 47.2 Å². The van der Waals surface area contributed by atoms with Crippen molar-refractivity contribution < 1.29 is 14.0 Å². The Morgan fingerprint density at radius 3 is 2.61 bits per heavy atom. The molecule has 0 bridgehead atoms. The largest absolute Gasteiger partial charge is 0.338 e. The summed E-state index contributed by atoms with van der Waals surface area (Å²) in [6, 6.07) is 5.43. The van der Waals surface area contributed by atoms with E-state index in [1.54, 1.807) is 23.4 Å². The standard InChI is InChI=1S/C25H32FN5O2/c1-3-6-22(32)31-12-8-20(16-21(31)27)30-11-5-7-18-15-19(17-28-23(18)30)24(33)29-13-9-25(26,4-2)10-14-29/h8,12,15-17,27H,3-7,9-11,13-14H2,1-2H3. The van der Waals surface area contributed by atoms with Crippen LogP contribution in [0.5, 0.6) is 0 Å². The second-order valence-electron chi connectivity index (χ2n) is 9.04. The molecule has 8 heteroatoms. The van der Waals surface area contributed by atoms with Crippen LogP contribution in [-0.2, 0) is 6.42 Å². The number of amides is 1. The van der Waals surface area contributed by atoms with Crippen LogP contribution >= 0.6 is 0 Å². The van der Waals surface area contributed by atoms with Crippen LogP contribution in [0.4, 0.5) is 15.9 Å². The summed E-state index contributed by atoms with van der Waals surface area (Å²) in [7, 11) is 0. The number of pyridine rings is 2. The SMILES string of the molecule is CCCC(=O)n1ccc(N2CCCc3cc(C(=O)N4CCC(F)(CC)CC4)cnc32)cc1=N. The first-order valence-corrected chi connectivity index (χ1v) is 11.9. The number of halogens is 1. The monoisotopic (exact) mass is 453 g/mol. The highest BCUT2D eigenvalue weighted by molar-refractivity contribution is 5.94. The van der Waals surface area contributed by atoms with Crippen molar-refractivity contribution in [3.63, 3.8) is 0 Å². The molecule has 0 unspecified atom stereocenters. The van der Waals surface area contributed by atoms with Crippen LogP contribution in [0.3, 0.4) is 0 Å². The van der Waals surface area contributed by atoms with Gasteiger partial charge < -0.3 is 9.80 Å². The molecule has 176 valence electrons. The molecule has 0 saturated carbocycles. The summed E-state index contributed by atoms with van der Waals surface area (Å²) in [6.45, 7) is 5.41. The lowest BCUT2D eigenvalue weighted by molar-refractivity contribution is 0.0419. The third-order valence-corrected chi connectivity index (χ3v) is 6.84. The van der Waals surface area contributed by atoms with Gasteiger partial charge in [-0.25, -0.2) is 9.37 Å². The van der Waals surface area contributed by atoms with E-state index in [2.05, 4.69) is 4.98 Å². The number of aromatic nitrogens is 2. The molecule has 33 heavy (non-hydrogen) atoms. The molecule has 4 rings (SSSR count). The molecule has 0 radical (unpaired) electrons. The third kappa shape index (κ3) is 4.70. The summed E-state index contributed by atoms with van der Waals surface area (Å²) >= 11 is 0. The Balaban J connectivity index is 1.54. The fraction of sp³-hybridized carbons (Fsp3) is 0.520. The molecule has 2 aromatic rings. The minimum atomic E-state index is -1.16. The first-order valence-electron chi connectivity index (χ1n) is 11.9. The number of carbonyl (C=O) groups is 2. The maximum absolute atomic E-state index is 14.5. The highest BCUT2D eigenvalue weighted by atomic mass is 19.1. The predicted molar refractivity (Wildman–Crippen MR) is 125 cm³/mol. The van der Waals surface area contributed by atoms with Gasteiger partial charge in [-0.1, -0.05) is 13.8 Å². The fourth-order valence-electron chi connectivity index (χ4n) is 4.69. The average Bonchev–Trinajstić information content (AvgIpc) is 2.83. The van der Waals surface area contributed by atoms with Gasteiger partial charge in [-0.05, 0) is 56.2 Å². The van der Waals surface area contributed by atoms with Crippen molar-refractivity contribution in [2.24, 2.45) is 0 Å². The number of piperidine rings is 1. The number of aryl methyl sites for hydroxylation is 1. The highest BCUT2D eigenvalue weighted by Gasteiger charge is 2.34. The number of hydrogen-bond donors (Lipinski definition) is 1. The minimum Gasteiger partial charge on any atom is -0.338 e. The Hall–Kier alpha value is -3.03. The molecule has 0 atom stereocenters. The molecular weight excluding hydrogens is 421 g/mol. The zero-order valence-electron chi connectivity index (χ0n) is 19.4. The topological polar surface area (TPSA) is 82.3 Å². The quantitative estimate of drug-likeness (QED) is 0.734. The number of nitrogens with zero attached hydrogens (tertiary/aromatic N) is 4. The zero-order chi connectivity index (χ0) is 23.6. The summed E-state index contributed by atoms with van der Waals surface area (Å²) in [6.07, 6.45) is 7.36. The van der Waals surface area contributed by atoms with Gasteiger partial charge in [0.25, 0.3) is 5.91 Å². The zero-order valence-corrected chi connectivity index (χ0v) is 19.4. The van der Waals surface area contributed by atoms with E-state index in [0.717, 1.165) is 42.9 Å². The van der Waals surface area contributed by atoms with Gasteiger partial charge in [0.2, 0.25) is 5.91 Å².